The highest BCUT2D eigenvalue weighted by atomic mass is 31.2. The summed E-state index contributed by atoms with van der Waals surface area (Å²) >= 11 is 0. The zero-order chi connectivity index (χ0) is 37.5. The van der Waals surface area contributed by atoms with Crippen LogP contribution in [-0.4, -0.2) is 49.3 Å². The van der Waals surface area contributed by atoms with Gasteiger partial charge in [0.05, 0.1) is 13.2 Å². The average molecular weight is 736 g/mol. The van der Waals surface area contributed by atoms with E-state index in [4.69, 9.17) is 24.3 Å². The van der Waals surface area contributed by atoms with Gasteiger partial charge in [0.2, 0.25) is 0 Å². The van der Waals surface area contributed by atoms with Gasteiger partial charge in [-0.3, -0.25) is 18.6 Å². The van der Waals surface area contributed by atoms with Crippen LogP contribution in [0.4, 0.5) is 0 Å². The predicted octanol–water partition coefficient (Wildman–Crippen LogP) is 10.7. The molecule has 0 saturated carbocycles. The number of esters is 2. The van der Waals surface area contributed by atoms with E-state index in [1.807, 2.05) is 6.08 Å². The van der Waals surface area contributed by atoms with E-state index in [0.29, 0.717) is 19.3 Å². The molecule has 0 aromatic rings. The Bertz CT molecular complexity index is 1070. The van der Waals surface area contributed by atoms with Gasteiger partial charge in [0.15, 0.2) is 6.10 Å². The van der Waals surface area contributed by atoms with Gasteiger partial charge in [-0.15, -0.1) is 0 Å². The number of phosphoric ester groups is 1. The normalized spacial score (nSPS) is 14.2. The van der Waals surface area contributed by atoms with Crippen molar-refractivity contribution in [2.45, 2.75) is 148 Å². The summed E-state index contributed by atoms with van der Waals surface area (Å²) in [5.41, 5.74) is 5.33. The van der Waals surface area contributed by atoms with Crippen LogP contribution in [0.1, 0.15) is 142 Å². The molecule has 51 heavy (non-hydrogen) atoms. The minimum Gasteiger partial charge on any atom is -0.462 e. The van der Waals surface area contributed by atoms with Crippen molar-refractivity contribution < 1.29 is 37.6 Å². The summed E-state index contributed by atoms with van der Waals surface area (Å²) < 4.78 is 32.6. The SMILES string of the molecule is CC/C=C/C/C=C/C/C=C/C/C=C/C/C=C/CCCC(=O)O[C@H](COC(=O)CCCCC/C=C/CCCCCCCC)COP(=O)(O)OCCN. The molecule has 2 atom stereocenters. The van der Waals surface area contributed by atoms with Crippen LogP contribution in [0, 0.1) is 0 Å². The van der Waals surface area contributed by atoms with Crippen molar-refractivity contribution in [2.75, 3.05) is 26.4 Å². The summed E-state index contributed by atoms with van der Waals surface area (Å²) in [6.45, 7) is 3.49. The Balaban J connectivity index is 4.37. The summed E-state index contributed by atoms with van der Waals surface area (Å²) in [5.74, 6) is -0.924. The molecule has 0 spiro atoms. The quantitative estimate of drug-likeness (QED) is 0.0282. The zero-order valence-corrected chi connectivity index (χ0v) is 32.7. The van der Waals surface area contributed by atoms with Crippen LogP contribution in [0.25, 0.3) is 0 Å². The van der Waals surface area contributed by atoms with E-state index in [1.165, 1.54) is 38.5 Å². The largest absolute Gasteiger partial charge is 0.472 e. The lowest BCUT2D eigenvalue weighted by Crippen LogP contribution is -2.29. The molecule has 0 heterocycles. The number of nitrogens with two attached hydrogens (primary N) is 1. The van der Waals surface area contributed by atoms with Crippen molar-refractivity contribution in [1.82, 2.24) is 0 Å². The molecule has 0 rings (SSSR count). The predicted molar refractivity (Wildman–Crippen MR) is 210 cm³/mol. The van der Waals surface area contributed by atoms with Crippen LogP contribution < -0.4 is 5.73 Å². The highest BCUT2D eigenvalue weighted by molar-refractivity contribution is 7.47. The van der Waals surface area contributed by atoms with Crippen molar-refractivity contribution in [3.8, 4) is 0 Å². The maximum absolute atomic E-state index is 12.5. The van der Waals surface area contributed by atoms with Crippen molar-refractivity contribution in [2.24, 2.45) is 5.73 Å². The summed E-state index contributed by atoms with van der Waals surface area (Å²) in [5, 5.41) is 0. The molecular weight excluding hydrogens is 665 g/mol. The molecule has 0 aromatic carbocycles. The molecule has 0 aliphatic carbocycles. The van der Waals surface area contributed by atoms with Crippen molar-refractivity contribution >= 4 is 19.8 Å². The minimum atomic E-state index is -4.39. The third-order valence-electron chi connectivity index (χ3n) is 7.58. The van der Waals surface area contributed by atoms with E-state index in [0.717, 1.165) is 57.8 Å². The minimum absolute atomic E-state index is 0.0390. The van der Waals surface area contributed by atoms with Crippen molar-refractivity contribution in [3.63, 3.8) is 0 Å². The molecule has 0 saturated heterocycles. The third-order valence-corrected chi connectivity index (χ3v) is 8.56. The van der Waals surface area contributed by atoms with Gasteiger partial charge >= 0.3 is 19.8 Å². The monoisotopic (exact) mass is 735 g/mol. The Morgan fingerprint density at radius 2 is 1.10 bits per heavy atom. The number of unbranched alkanes of at least 4 members (excludes halogenated alkanes) is 10. The Hall–Kier alpha value is -2.55. The highest BCUT2D eigenvalue weighted by Gasteiger charge is 2.25. The number of hydrogen-bond donors (Lipinski definition) is 2. The topological polar surface area (TPSA) is 134 Å². The number of carbonyl (C=O) groups is 2. The molecule has 0 amide bonds. The lowest BCUT2D eigenvalue weighted by molar-refractivity contribution is -0.161. The number of hydrogen-bond acceptors (Lipinski definition) is 8. The second-order valence-electron chi connectivity index (χ2n) is 12.4. The number of phosphoric acid groups is 1. The van der Waals surface area contributed by atoms with Gasteiger partial charge in [0.25, 0.3) is 0 Å². The van der Waals surface area contributed by atoms with E-state index < -0.39 is 32.5 Å². The maximum atomic E-state index is 12.5. The standard InChI is InChI=1S/C41H70NO8P/c1-3-5-7-9-11-13-15-17-18-19-20-22-24-26-28-30-32-34-41(44)50-39(38-49-51(45,46)48-36-35-42)37-47-40(43)33-31-29-27-25-23-21-16-14-12-10-8-6-4-2/h5,7,11,13,17-18,20-23,26,28,39H,3-4,6,8-10,12,14-16,19,24-25,27,29-38,42H2,1-2H3,(H,45,46)/b7-5+,13-11+,18-17+,22-20+,23-21+,28-26+/t39-/m1/s1. The van der Waals surface area contributed by atoms with Crippen molar-refractivity contribution in [1.29, 1.82) is 0 Å². The van der Waals surface area contributed by atoms with Crippen LogP contribution in [0.5, 0.6) is 0 Å². The Kier molecular flexibility index (Phi) is 35.4. The average Bonchev–Trinajstić information content (AvgIpc) is 3.11. The van der Waals surface area contributed by atoms with Gasteiger partial charge in [-0.1, -0.05) is 125 Å². The van der Waals surface area contributed by atoms with E-state index in [9.17, 15) is 19.0 Å². The fourth-order valence-electron chi connectivity index (χ4n) is 4.72. The lowest BCUT2D eigenvalue weighted by Gasteiger charge is -2.19. The summed E-state index contributed by atoms with van der Waals surface area (Å²) in [6.07, 6.45) is 43.7. The first-order valence-corrected chi connectivity index (χ1v) is 20.9. The van der Waals surface area contributed by atoms with E-state index >= 15 is 0 Å². The lowest BCUT2D eigenvalue weighted by atomic mass is 10.1. The Labute approximate surface area is 310 Å². The van der Waals surface area contributed by atoms with Crippen LogP contribution in [0.15, 0.2) is 72.9 Å². The molecule has 1 unspecified atom stereocenters. The second-order valence-corrected chi connectivity index (χ2v) is 13.9. The molecule has 0 aliphatic rings. The number of allylic oxidation sites excluding steroid dienone is 12. The van der Waals surface area contributed by atoms with Crippen LogP contribution in [0.2, 0.25) is 0 Å². The van der Waals surface area contributed by atoms with Gasteiger partial charge in [0, 0.05) is 19.4 Å². The first kappa shape index (κ1) is 48.5. The third kappa shape index (κ3) is 37.0. The van der Waals surface area contributed by atoms with Gasteiger partial charge < -0.3 is 20.1 Å². The number of rotatable bonds is 35. The molecule has 0 bridgehead atoms. The fourth-order valence-corrected chi connectivity index (χ4v) is 5.49. The molecule has 9 nitrogen and oxygen atoms in total. The fraction of sp³-hybridized carbons (Fsp3) is 0.659. The van der Waals surface area contributed by atoms with Gasteiger partial charge in [0.1, 0.15) is 6.61 Å². The zero-order valence-electron chi connectivity index (χ0n) is 31.8. The van der Waals surface area contributed by atoms with Crippen LogP contribution in [0.3, 0.4) is 0 Å². The van der Waals surface area contributed by atoms with Gasteiger partial charge in [-0.05, 0) is 77.0 Å². The van der Waals surface area contributed by atoms with E-state index in [1.54, 1.807) is 0 Å². The molecule has 292 valence electrons. The van der Waals surface area contributed by atoms with Gasteiger partial charge in [-0.25, -0.2) is 4.57 Å². The molecule has 0 fully saturated rings. The summed E-state index contributed by atoms with van der Waals surface area (Å²) in [4.78, 5) is 34.7. The van der Waals surface area contributed by atoms with Gasteiger partial charge in [-0.2, -0.15) is 0 Å². The van der Waals surface area contributed by atoms with Crippen molar-refractivity contribution in [3.05, 3.63) is 72.9 Å². The smallest absolute Gasteiger partial charge is 0.462 e. The second kappa shape index (κ2) is 37.2. The van der Waals surface area contributed by atoms with Crippen LogP contribution >= 0.6 is 7.82 Å². The van der Waals surface area contributed by atoms with E-state index in [2.05, 4.69) is 80.7 Å². The molecule has 0 aromatic heterocycles. The van der Waals surface area contributed by atoms with E-state index in [-0.39, 0.29) is 32.6 Å². The number of carbonyl (C=O) groups excluding carboxylic acids is 2. The van der Waals surface area contributed by atoms with Crippen LogP contribution in [-0.2, 0) is 32.7 Å². The first-order chi connectivity index (χ1) is 24.8. The number of ether oxygens (including phenoxy) is 2. The summed E-state index contributed by atoms with van der Waals surface area (Å²) in [6, 6.07) is 0. The molecule has 3 N–H and O–H groups in total. The maximum Gasteiger partial charge on any atom is 0.472 e. The molecule has 0 radical (unpaired) electrons. The molecular formula is C41H70NO8P. The molecule has 10 heteroatoms. The Morgan fingerprint density at radius 1 is 0.608 bits per heavy atom. The summed E-state index contributed by atoms with van der Waals surface area (Å²) in [7, 11) is -4.39. The highest BCUT2D eigenvalue weighted by Crippen LogP contribution is 2.43. The Morgan fingerprint density at radius 3 is 1.69 bits per heavy atom. The first-order valence-electron chi connectivity index (χ1n) is 19.4. The molecule has 0 aliphatic heterocycles.